The maximum atomic E-state index is 12.0. The number of ether oxygens (including phenoxy) is 2. The van der Waals surface area contributed by atoms with Crippen LogP contribution in [0.15, 0.2) is 53.2 Å². The van der Waals surface area contributed by atoms with E-state index in [0.29, 0.717) is 16.7 Å². The van der Waals surface area contributed by atoms with E-state index in [1.165, 1.54) is 0 Å². The van der Waals surface area contributed by atoms with Crippen molar-refractivity contribution in [1.82, 2.24) is 0 Å². The van der Waals surface area contributed by atoms with Crippen molar-refractivity contribution in [3.05, 3.63) is 69.9 Å². The molecule has 3 rings (SSSR count). The van der Waals surface area contributed by atoms with E-state index in [9.17, 15) is 4.79 Å². The second kappa shape index (κ2) is 6.26. The zero-order chi connectivity index (χ0) is 16.4. The maximum Gasteiger partial charge on any atom is 0.363 e. The van der Waals surface area contributed by atoms with Crippen molar-refractivity contribution in [1.29, 1.82) is 0 Å². The van der Waals surface area contributed by atoms with Crippen molar-refractivity contribution in [3.8, 4) is 5.75 Å². The Kier molecular flexibility index (Phi) is 4.17. The van der Waals surface area contributed by atoms with Crippen molar-refractivity contribution in [3.63, 3.8) is 0 Å². The number of aliphatic imine (C=N–C) groups is 1. The van der Waals surface area contributed by atoms with E-state index in [1.54, 1.807) is 31.4 Å². The van der Waals surface area contributed by atoms with Gasteiger partial charge in [-0.25, -0.2) is 9.79 Å². The second-order valence-electron chi connectivity index (χ2n) is 5.10. The molecule has 0 unspecified atom stereocenters. The Morgan fingerprint density at radius 3 is 2.57 bits per heavy atom. The summed E-state index contributed by atoms with van der Waals surface area (Å²) in [6.45, 7) is 1.99. The van der Waals surface area contributed by atoms with E-state index in [1.807, 2.05) is 31.2 Å². The SMILES string of the molecule is COc1ccc(/C=C2/N=C(c3ccc(C)cc3)OC2=O)cc1Cl. The molecule has 1 heterocycles. The highest BCUT2D eigenvalue weighted by molar-refractivity contribution is 6.32. The van der Waals surface area contributed by atoms with E-state index in [2.05, 4.69) is 4.99 Å². The van der Waals surface area contributed by atoms with Crippen molar-refractivity contribution >= 4 is 29.5 Å². The van der Waals surface area contributed by atoms with Crippen LogP contribution < -0.4 is 4.74 Å². The molecule has 0 aromatic heterocycles. The van der Waals surface area contributed by atoms with Crippen LogP contribution in [0.1, 0.15) is 16.7 Å². The van der Waals surface area contributed by atoms with Crippen LogP contribution in [0.5, 0.6) is 5.75 Å². The number of hydrogen-bond donors (Lipinski definition) is 0. The quantitative estimate of drug-likeness (QED) is 0.632. The molecular formula is C18H14ClNO3. The van der Waals surface area contributed by atoms with Crippen molar-refractivity contribution in [2.75, 3.05) is 7.11 Å². The highest BCUT2D eigenvalue weighted by Gasteiger charge is 2.24. The van der Waals surface area contributed by atoms with Gasteiger partial charge in [-0.1, -0.05) is 35.4 Å². The van der Waals surface area contributed by atoms with Gasteiger partial charge in [-0.2, -0.15) is 0 Å². The summed E-state index contributed by atoms with van der Waals surface area (Å²) in [5.41, 5.74) is 2.88. The summed E-state index contributed by atoms with van der Waals surface area (Å²) in [4.78, 5) is 16.2. The second-order valence-corrected chi connectivity index (χ2v) is 5.50. The smallest absolute Gasteiger partial charge is 0.363 e. The van der Waals surface area contributed by atoms with Gasteiger partial charge < -0.3 is 9.47 Å². The lowest BCUT2D eigenvalue weighted by molar-refractivity contribution is -0.129. The van der Waals surface area contributed by atoms with Gasteiger partial charge in [-0.3, -0.25) is 0 Å². The Balaban J connectivity index is 1.91. The van der Waals surface area contributed by atoms with Crippen LogP contribution in [0.3, 0.4) is 0 Å². The molecular weight excluding hydrogens is 314 g/mol. The summed E-state index contributed by atoms with van der Waals surface area (Å²) in [7, 11) is 1.55. The molecule has 1 aliphatic rings. The molecule has 0 fully saturated rings. The summed E-state index contributed by atoms with van der Waals surface area (Å²) >= 11 is 6.08. The lowest BCUT2D eigenvalue weighted by atomic mass is 10.1. The number of carbonyl (C=O) groups is 1. The molecule has 23 heavy (non-hydrogen) atoms. The highest BCUT2D eigenvalue weighted by atomic mass is 35.5. The molecule has 116 valence electrons. The van der Waals surface area contributed by atoms with E-state index in [4.69, 9.17) is 21.1 Å². The fraction of sp³-hybridized carbons (Fsp3) is 0.111. The Labute approximate surface area is 139 Å². The lowest BCUT2D eigenvalue weighted by Crippen LogP contribution is -2.05. The number of methoxy groups -OCH3 is 1. The Morgan fingerprint density at radius 2 is 1.91 bits per heavy atom. The Bertz CT molecular complexity index is 823. The van der Waals surface area contributed by atoms with Crippen LogP contribution in [0.25, 0.3) is 6.08 Å². The van der Waals surface area contributed by atoms with Gasteiger partial charge in [0, 0.05) is 5.56 Å². The third-order valence-corrected chi connectivity index (χ3v) is 3.69. The van der Waals surface area contributed by atoms with Gasteiger partial charge in [0.05, 0.1) is 12.1 Å². The third kappa shape index (κ3) is 3.27. The van der Waals surface area contributed by atoms with Gasteiger partial charge in [0.2, 0.25) is 5.90 Å². The molecule has 4 nitrogen and oxygen atoms in total. The van der Waals surface area contributed by atoms with Gasteiger partial charge in [-0.15, -0.1) is 0 Å². The first-order chi connectivity index (χ1) is 11.1. The van der Waals surface area contributed by atoms with Crippen molar-refractivity contribution in [2.24, 2.45) is 4.99 Å². The molecule has 5 heteroatoms. The molecule has 0 N–H and O–H groups in total. The third-order valence-electron chi connectivity index (χ3n) is 3.40. The average Bonchev–Trinajstić information content (AvgIpc) is 2.89. The first-order valence-corrected chi connectivity index (χ1v) is 7.38. The minimum atomic E-state index is -0.479. The first kappa shape index (κ1) is 15.3. The molecule has 0 saturated carbocycles. The van der Waals surface area contributed by atoms with Crippen molar-refractivity contribution in [2.45, 2.75) is 6.92 Å². The number of halogens is 1. The van der Waals surface area contributed by atoms with Crippen LogP contribution >= 0.6 is 11.6 Å². The number of carbonyl (C=O) groups excluding carboxylic acids is 1. The standard InChI is InChI=1S/C18H14ClNO3/c1-11-3-6-13(7-4-11)17-20-15(18(21)23-17)10-12-5-8-16(22-2)14(19)9-12/h3-10H,1-2H3/b15-10+. The number of nitrogens with zero attached hydrogens (tertiary/aromatic N) is 1. The van der Waals surface area contributed by atoms with Crippen LogP contribution in [0.4, 0.5) is 0 Å². The van der Waals surface area contributed by atoms with Crippen LogP contribution in [0.2, 0.25) is 5.02 Å². The van der Waals surface area contributed by atoms with E-state index >= 15 is 0 Å². The minimum Gasteiger partial charge on any atom is -0.495 e. The number of rotatable bonds is 3. The van der Waals surface area contributed by atoms with E-state index in [-0.39, 0.29) is 5.70 Å². The van der Waals surface area contributed by atoms with Crippen LogP contribution in [-0.2, 0) is 9.53 Å². The molecule has 0 radical (unpaired) electrons. The summed E-state index contributed by atoms with van der Waals surface area (Å²) in [6.07, 6.45) is 1.63. The fourth-order valence-electron chi connectivity index (χ4n) is 2.16. The zero-order valence-corrected chi connectivity index (χ0v) is 13.4. The average molecular weight is 328 g/mol. The highest BCUT2D eigenvalue weighted by Crippen LogP contribution is 2.27. The van der Waals surface area contributed by atoms with Crippen LogP contribution in [0, 0.1) is 6.92 Å². The van der Waals surface area contributed by atoms with Gasteiger partial charge in [0.15, 0.2) is 5.70 Å². The normalized spacial score (nSPS) is 15.5. The van der Waals surface area contributed by atoms with Gasteiger partial charge >= 0.3 is 5.97 Å². The molecule has 0 bridgehead atoms. The number of aryl methyl sites for hydroxylation is 1. The number of esters is 1. The summed E-state index contributed by atoms with van der Waals surface area (Å²) in [5, 5.41) is 0.468. The van der Waals surface area contributed by atoms with Gasteiger partial charge in [0.1, 0.15) is 5.75 Å². The van der Waals surface area contributed by atoms with Crippen molar-refractivity contribution < 1.29 is 14.3 Å². The predicted molar refractivity (Wildman–Crippen MR) is 89.8 cm³/mol. The molecule has 0 spiro atoms. The summed E-state index contributed by atoms with van der Waals surface area (Å²) in [6, 6.07) is 12.9. The minimum absolute atomic E-state index is 0.238. The maximum absolute atomic E-state index is 12.0. The largest absolute Gasteiger partial charge is 0.495 e. The van der Waals surface area contributed by atoms with Gasteiger partial charge in [-0.05, 0) is 42.8 Å². The predicted octanol–water partition coefficient (Wildman–Crippen LogP) is 4.00. The van der Waals surface area contributed by atoms with Gasteiger partial charge in [0.25, 0.3) is 0 Å². The Morgan fingerprint density at radius 1 is 1.17 bits per heavy atom. The topological polar surface area (TPSA) is 47.9 Å². The Hall–Kier alpha value is -2.59. The number of hydrogen-bond acceptors (Lipinski definition) is 4. The molecule has 2 aromatic carbocycles. The summed E-state index contributed by atoms with van der Waals surface area (Å²) < 4.78 is 10.3. The van der Waals surface area contributed by atoms with E-state index in [0.717, 1.165) is 16.7 Å². The molecule has 0 aliphatic carbocycles. The molecule has 1 aliphatic heterocycles. The fourth-order valence-corrected chi connectivity index (χ4v) is 2.43. The number of cyclic esters (lactones) is 1. The van der Waals surface area contributed by atoms with E-state index < -0.39 is 5.97 Å². The zero-order valence-electron chi connectivity index (χ0n) is 12.7. The molecule has 0 atom stereocenters. The monoisotopic (exact) mass is 327 g/mol. The summed E-state index contributed by atoms with van der Waals surface area (Å²) in [5.74, 6) is 0.403. The molecule has 0 saturated heterocycles. The lowest BCUT2D eigenvalue weighted by Gasteiger charge is -2.03. The first-order valence-electron chi connectivity index (χ1n) is 7.00. The number of benzene rings is 2. The molecule has 0 amide bonds. The van der Waals surface area contributed by atoms with Crippen LogP contribution in [-0.4, -0.2) is 19.0 Å². The molecule has 2 aromatic rings.